The Morgan fingerprint density at radius 1 is 1.35 bits per heavy atom. The van der Waals surface area contributed by atoms with Gasteiger partial charge in [0.1, 0.15) is 0 Å². The van der Waals surface area contributed by atoms with Crippen molar-refractivity contribution < 1.29 is 0 Å². The topological polar surface area (TPSA) is 56.7 Å². The van der Waals surface area contributed by atoms with Gasteiger partial charge in [-0.3, -0.25) is 0 Å². The third-order valence-corrected chi connectivity index (χ3v) is 3.71. The molecule has 4 heteroatoms. The predicted molar refractivity (Wildman–Crippen MR) is 68.5 cm³/mol. The van der Waals surface area contributed by atoms with Crippen LogP contribution in [0.4, 0.5) is 0 Å². The number of aromatic nitrogens is 3. The lowest BCUT2D eigenvalue weighted by molar-refractivity contribution is 0.409. The van der Waals surface area contributed by atoms with Crippen LogP contribution in [0.2, 0.25) is 0 Å². The maximum absolute atomic E-state index is 5.75. The van der Waals surface area contributed by atoms with Crippen molar-refractivity contribution in [3.05, 3.63) is 11.4 Å². The van der Waals surface area contributed by atoms with Crippen molar-refractivity contribution in [1.29, 1.82) is 0 Å². The highest BCUT2D eigenvalue weighted by Crippen LogP contribution is 2.39. The standard InChI is InChI=1S/C13H24N4/c1-9(2)4-7-13-12(8-14)15-16-17(13)10(3)11-5-6-11/h9-11H,4-8,14H2,1-3H3. The van der Waals surface area contributed by atoms with Crippen molar-refractivity contribution in [1.82, 2.24) is 15.0 Å². The lowest BCUT2D eigenvalue weighted by atomic mass is 10.0. The highest BCUT2D eigenvalue weighted by Gasteiger charge is 2.31. The molecule has 4 nitrogen and oxygen atoms in total. The molecule has 0 radical (unpaired) electrons. The molecule has 1 aliphatic carbocycles. The van der Waals surface area contributed by atoms with E-state index in [1.807, 2.05) is 0 Å². The summed E-state index contributed by atoms with van der Waals surface area (Å²) < 4.78 is 2.13. The fourth-order valence-electron chi connectivity index (χ4n) is 2.29. The summed E-state index contributed by atoms with van der Waals surface area (Å²) >= 11 is 0. The van der Waals surface area contributed by atoms with Crippen molar-refractivity contribution >= 4 is 0 Å². The predicted octanol–water partition coefficient (Wildman–Crippen LogP) is 2.30. The molecule has 0 spiro atoms. The second-order valence-electron chi connectivity index (χ2n) is 5.64. The van der Waals surface area contributed by atoms with Crippen LogP contribution in [0.5, 0.6) is 0 Å². The minimum absolute atomic E-state index is 0.491. The van der Waals surface area contributed by atoms with E-state index in [0.29, 0.717) is 18.5 Å². The van der Waals surface area contributed by atoms with E-state index in [2.05, 4.69) is 35.8 Å². The molecule has 2 rings (SSSR count). The van der Waals surface area contributed by atoms with E-state index in [1.54, 1.807) is 0 Å². The van der Waals surface area contributed by atoms with Crippen LogP contribution in [0, 0.1) is 11.8 Å². The smallest absolute Gasteiger partial charge is 0.0994 e. The summed E-state index contributed by atoms with van der Waals surface area (Å²) in [6.45, 7) is 7.26. The van der Waals surface area contributed by atoms with E-state index >= 15 is 0 Å². The Morgan fingerprint density at radius 3 is 2.59 bits per heavy atom. The lowest BCUT2D eigenvalue weighted by Crippen LogP contribution is -2.14. The Morgan fingerprint density at radius 2 is 2.06 bits per heavy atom. The molecule has 0 bridgehead atoms. The largest absolute Gasteiger partial charge is 0.325 e. The van der Waals surface area contributed by atoms with E-state index in [0.717, 1.165) is 18.0 Å². The Hall–Kier alpha value is -0.900. The number of hydrogen-bond donors (Lipinski definition) is 1. The third kappa shape index (κ3) is 2.86. The Balaban J connectivity index is 2.15. The fraction of sp³-hybridized carbons (Fsp3) is 0.846. The molecule has 1 aliphatic rings. The van der Waals surface area contributed by atoms with Gasteiger partial charge in [-0.15, -0.1) is 5.10 Å². The van der Waals surface area contributed by atoms with Gasteiger partial charge in [-0.05, 0) is 44.4 Å². The summed E-state index contributed by atoms with van der Waals surface area (Å²) in [5.41, 5.74) is 8.00. The van der Waals surface area contributed by atoms with Gasteiger partial charge in [-0.25, -0.2) is 4.68 Å². The van der Waals surface area contributed by atoms with Crippen molar-refractivity contribution in [3.8, 4) is 0 Å². The third-order valence-electron chi connectivity index (χ3n) is 3.71. The van der Waals surface area contributed by atoms with Gasteiger partial charge < -0.3 is 5.73 Å². The van der Waals surface area contributed by atoms with Crippen molar-refractivity contribution in [2.75, 3.05) is 0 Å². The number of hydrogen-bond acceptors (Lipinski definition) is 3. The maximum Gasteiger partial charge on any atom is 0.0994 e. The van der Waals surface area contributed by atoms with E-state index in [-0.39, 0.29) is 0 Å². The number of nitrogens with zero attached hydrogens (tertiary/aromatic N) is 3. The molecule has 1 heterocycles. The number of nitrogens with two attached hydrogens (primary N) is 1. The molecular weight excluding hydrogens is 212 g/mol. The van der Waals surface area contributed by atoms with Crippen LogP contribution in [0.1, 0.15) is 57.5 Å². The summed E-state index contributed by atoms with van der Waals surface area (Å²) in [5.74, 6) is 1.51. The van der Waals surface area contributed by atoms with Gasteiger partial charge in [-0.1, -0.05) is 19.1 Å². The highest BCUT2D eigenvalue weighted by atomic mass is 15.4. The van der Waals surface area contributed by atoms with Crippen LogP contribution in [0.25, 0.3) is 0 Å². The summed E-state index contributed by atoms with van der Waals surface area (Å²) in [7, 11) is 0. The molecule has 1 unspecified atom stereocenters. The van der Waals surface area contributed by atoms with Gasteiger partial charge >= 0.3 is 0 Å². The summed E-state index contributed by atoms with van der Waals surface area (Å²) in [4.78, 5) is 0. The van der Waals surface area contributed by atoms with Crippen LogP contribution in [-0.4, -0.2) is 15.0 Å². The van der Waals surface area contributed by atoms with E-state index in [1.165, 1.54) is 25.0 Å². The van der Waals surface area contributed by atoms with Gasteiger partial charge in [0.05, 0.1) is 17.4 Å². The van der Waals surface area contributed by atoms with Gasteiger partial charge in [-0.2, -0.15) is 0 Å². The Bertz CT molecular complexity index is 365. The first-order valence-corrected chi connectivity index (χ1v) is 6.76. The van der Waals surface area contributed by atoms with Gasteiger partial charge in [0, 0.05) is 6.54 Å². The number of rotatable bonds is 6. The molecule has 96 valence electrons. The second kappa shape index (κ2) is 5.17. The minimum atomic E-state index is 0.491. The highest BCUT2D eigenvalue weighted by molar-refractivity contribution is 5.11. The molecule has 0 amide bonds. The van der Waals surface area contributed by atoms with Gasteiger partial charge in [0.25, 0.3) is 0 Å². The first-order chi connectivity index (χ1) is 8.13. The van der Waals surface area contributed by atoms with Crippen LogP contribution in [-0.2, 0) is 13.0 Å². The average molecular weight is 236 g/mol. The molecular formula is C13H24N4. The molecule has 2 N–H and O–H groups in total. The molecule has 1 saturated carbocycles. The summed E-state index contributed by atoms with van der Waals surface area (Å²) in [5, 5.41) is 8.54. The SMILES string of the molecule is CC(C)CCc1c(CN)nnn1C(C)C1CC1. The second-order valence-corrected chi connectivity index (χ2v) is 5.64. The van der Waals surface area contributed by atoms with Crippen LogP contribution in [0.15, 0.2) is 0 Å². The molecule has 0 aliphatic heterocycles. The van der Waals surface area contributed by atoms with Crippen molar-refractivity contribution in [2.24, 2.45) is 17.6 Å². The quantitative estimate of drug-likeness (QED) is 0.824. The molecule has 1 aromatic rings. The molecule has 1 aromatic heterocycles. The molecule has 0 aromatic carbocycles. The Labute approximate surface area is 104 Å². The normalized spacial score (nSPS) is 17.7. The van der Waals surface area contributed by atoms with Crippen molar-refractivity contribution in [3.63, 3.8) is 0 Å². The minimum Gasteiger partial charge on any atom is -0.325 e. The molecule has 1 atom stereocenters. The zero-order chi connectivity index (χ0) is 12.4. The zero-order valence-electron chi connectivity index (χ0n) is 11.2. The van der Waals surface area contributed by atoms with Crippen LogP contribution >= 0.6 is 0 Å². The molecule has 17 heavy (non-hydrogen) atoms. The van der Waals surface area contributed by atoms with Gasteiger partial charge in [0.2, 0.25) is 0 Å². The Kier molecular flexibility index (Phi) is 3.82. The molecule has 0 saturated heterocycles. The zero-order valence-corrected chi connectivity index (χ0v) is 11.2. The summed E-state index contributed by atoms with van der Waals surface area (Å²) in [6.07, 6.45) is 4.90. The summed E-state index contributed by atoms with van der Waals surface area (Å²) in [6, 6.07) is 0.491. The van der Waals surface area contributed by atoms with E-state index < -0.39 is 0 Å². The van der Waals surface area contributed by atoms with E-state index in [9.17, 15) is 0 Å². The first kappa shape index (κ1) is 12.6. The molecule has 1 fully saturated rings. The fourth-order valence-corrected chi connectivity index (χ4v) is 2.29. The lowest BCUT2D eigenvalue weighted by Gasteiger charge is -2.15. The van der Waals surface area contributed by atoms with E-state index in [4.69, 9.17) is 5.73 Å². The monoisotopic (exact) mass is 236 g/mol. The maximum atomic E-state index is 5.75. The van der Waals surface area contributed by atoms with Crippen LogP contribution < -0.4 is 5.73 Å². The van der Waals surface area contributed by atoms with Crippen LogP contribution in [0.3, 0.4) is 0 Å². The van der Waals surface area contributed by atoms with Crippen molar-refractivity contribution in [2.45, 2.75) is 59.0 Å². The average Bonchev–Trinajstić information content (AvgIpc) is 3.05. The first-order valence-electron chi connectivity index (χ1n) is 6.76. The van der Waals surface area contributed by atoms with Gasteiger partial charge in [0.15, 0.2) is 0 Å².